The monoisotopic (exact) mass is 462 g/mol. The van der Waals surface area contributed by atoms with E-state index in [9.17, 15) is 19.8 Å². The molecule has 0 saturated carbocycles. The van der Waals surface area contributed by atoms with Crippen LogP contribution in [0.3, 0.4) is 0 Å². The molecular weight excluding hydrogens is 436 g/mol. The van der Waals surface area contributed by atoms with Gasteiger partial charge in [-0.3, -0.25) is 0 Å². The number of alkyl carbamates (subject to hydrolysis) is 1. The molecule has 1 aliphatic carbocycles. The number of ether oxygens (including phenoxy) is 2. The van der Waals surface area contributed by atoms with Crippen LogP contribution in [0.1, 0.15) is 39.1 Å². The fourth-order valence-corrected chi connectivity index (χ4v) is 4.23. The molecule has 8 nitrogen and oxygen atoms in total. The Labute approximate surface area is 196 Å². The van der Waals surface area contributed by atoms with Crippen molar-refractivity contribution in [3.05, 3.63) is 89.0 Å². The number of carbonyl (C=O) groups excluding carboxylic acids is 2. The molecule has 0 saturated heterocycles. The van der Waals surface area contributed by atoms with Gasteiger partial charge < -0.3 is 30.7 Å². The van der Waals surface area contributed by atoms with Crippen molar-refractivity contribution in [2.45, 2.75) is 18.1 Å². The van der Waals surface area contributed by atoms with E-state index >= 15 is 0 Å². The van der Waals surface area contributed by atoms with Crippen LogP contribution in [0.25, 0.3) is 11.1 Å². The molecule has 8 heteroatoms. The van der Waals surface area contributed by atoms with Crippen LogP contribution in [0, 0.1) is 0 Å². The Morgan fingerprint density at radius 3 is 2.21 bits per heavy atom. The number of fused-ring (bicyclic) bond motifs is 3. The van der Waals surface area contributed by atoms with E-state index in [0.717, 1.165) is 22.3 Å². The van der Waals surface area contributed by atoms with E-state index in [1.165, 1.54) is 25.3 Å². The van der Waals surface area contributed by atoms with Crippen LogP contribution in [0.2, 0.25) is 0 Å². The molecule has 0 aromatic heterocycles. The van der Waals surface area contributed by atoms with Gasteiger partial charge in [-0.05, 0) is 39.9 Å². The summed E-state index contributed by atoms with van der Waals surface area (Å²) in [5, 5.41) is 23.2. The largest absolute Gasteiger partial charge is 0.465 e. The second-order valence-corrected chi connectivity index (χ2v) is 8.06. The van der Waals surface area contributed by atoms with Crippen molar-refractivity contribution in [3.63, 3.8) is 0 Å². The van der Waals surface area contributed by atoms with Gasteiger partial charge in [0.2, 0.25) is 0 Å². The first-order valence-electron chi connectivity index (χ1n) is 10.8. The maximum Gasteiger partial charge on any atom is 0.407 e. The molecule has 1 amide bonds. The number of nitrogen functional groups attached to an aromatic ring is 1. The average molecular weight is 463 g/mol. The van der Waals surface area contributed by atoms with Crippen LogP contribution in [0.15, 0.2) is 66.7 Å². The SMILES string of the molecule is COC(=O)c1ccc(C(O)C(O)CNC(=O)OCC2c3ccccc3-c3ccccc32)cc1N. The normalized spacial score (nSPS) is 14.0. The third-order valence-electron chi connectivity index (χ3n) is 5.99. The van der Waals surface area contributed by atoms with E-state index in [0.29, 0.717) is 5.56 Å². The standard InChI is InChI=1S/C26H26N2O6/c1-33-25(31)20-11-10-15(12-22(20)27)24(30)23(29)13-28-26(32)34-14-21-18-8-4-2-6-16(18)17-7-3-5-9-19(17)21/h2-12,21,23-24,29-30H,13-14,27H2,1H3,(H,28,32). The van der Waals surface area contributed by atoms with Crippen molar-refractivity contribution >= 4 is 17.7 Å². The average Bonchev–Trinajstić information content (AvgIpc) is 3.18. The van der Waals surface area contributed by atoms with Gasteiger partial charge in [-0.15, -0.1) is 0 Å². The molecule has 0 heterocycles. The number of nitrogens with two attached hydrogens (primary N) is 1. The van der Waals surface area contributed by atoms with Crippen LogP contribution in [-0.2, 0) is 9.47 Å². The maximum atomic E-state index is 12.3. The molecule has 5 N–H and O–H groups in total. The summed E-state index contributed by atoms with van der Waals surface area (Å²) in [4.78, 5) is 23.9. The van der Waals surface area contributed by atoms with E-state index < -0.39 is 24.3 Å². The van der Waals surface area contributed by atoms with E-state index in [2.05, 4.69) is 22.2 Å². The van der Waals surface area contributed by atoms with Crippen molar-refractivity contribution in [3.8, 4) is 11.1 Å². The number of aliphatic hydroxyl groups excluding tert-OH is 2. The van der Waals surface area contributed by atoms with Gasteiger partial charge in [0.1, 0.15) is 18.8 Å². The van der Waals surface area contributed by atoms with Gasteiger partial charge >= 0.3 is 12.1 Å². The number of rotatable bonds is 7. The topological polar surface area (TPSA) is 131 Å². The Bertz CT molecular complexity index is 1170. The lowest BCUT2D eigenvalue weighted by molar-refractivity contribution is 0.0185. The Hall–Kier alpha value is -3.88. The van der Waals surface area contributed by atoms with Gasteiger partial charge in [-0.25, -0.2) is 9.59 Å². The summed E-state index contributed by atoms with van der Waals surface area (Å²) in [6.45, 7) is -0.0967. The highest BCUT2D eigenvalue weighted by atomic mass is 16.5. The summed E-state index contributed by atoms with van der Waals surface area (Å²) < 4.78 is 10.1. The minimum absolute atomic E-state index is 0.0787. The zero-order chi connectivity index (χ0) is 24.2. The number of esters is 1. The number of methoxy groups -OCH3 is 1. The van der Waals surface area contributed by atoms with Crippen LogP contribution in [-0.4, -0.2) is 48.6 Å². The van der Waals surface area contributed by atoms with Crippen molar-refractivity contribution in [2.24, 2.45) is 0 Å². The molecule has 34 heavy (non-hydrogen) atoms. The number of aliphatic hydroxyl groups is 2. The highest BCUT2D eigenvalue weighted by Crippen LogP contribution is 2.44. The highest BCUT2D eigenvalue weighted by molar-refractivity contribution is 5.95. The van der Waals surface area contributed by atoms with E-state index in [-0.39, 0.29) is 30.3 Å². The van der Waals surface area contributed by atoms with Crippen molar-refractivity contribution < 1.29 is 29.3 Å². The van der Waals surface area contributed by atoms with Crippen LogP contribution in [0.5, 0.6) is 0 Å². The molecule has 0 fully saturated rings. The number of nitrogens with one attached hydrogen (secondary N) is 1. The van der Waals surface area contributed by atoms with Gasteiger partial charge in [0.25, 0.3) is 0 Å². The second-order valence-electron chi connectivity index (χ2n) is 8.06. The zero-order valence-electron chi connectivity index (χ0n) is 18.6. The van der Waals surface area contributed by atoms with E-state index in [1.807, 2.05) is 36.4 Å². The maximum absolute atomic E-state index is 12.3. The minimum atomic E-state index is -1.33. The lowest BCUT2D eigenvalue weighted by Crippen LogP contribution is -2.36. The first-order valence-corrected chi connectivity index (χ1v) is 10.8. The Kier molecular flexibility index (Phi) is 6.81. The van der Waals surface area contributed by atoms with Gasteiger partial charge in [-0.2, -0.15) is 0 Å². The number of hydrogen-bond donors (Lipinski definition) is 4. The Morgan fingerprint density at radius 1 is 1.00 bits per heavy atom. The van der Waals surface area contributed by atoms with Gasteiger partial charge in [0.15, 0.2) is 0 Å². The fourth-order valence-electron chi connectivity index (χ4n) is 4.23. The Morgan fingerprint density at radius 2 is 1.62 bits per heavy atom. The van der Waals surface area contributed by atoms with Gasteiger partial charge in [0, 0.05) is 18.2 Å². The van der Waals surface area contributed by atoms with Crippen LogP contribution in [0.4, 0.5) is 10.5 Å². The second kappa shape index (κ2) is 9.94. The lowest BCUT2D eigenvalue weighted by atomic mass is 9.98. The number of carbonyl (C=O) groups is 2. The summed E-state index contributed by atoms with van der Waals surface area (Å²) in [5.74, 6) is -0.680. The number of benzene rings is 3. The van der Waals surface area contributed by atoms with Crippen molar-refractivity contribution in [1.29, 1.82) is 0 Å². The predicted octanol–water partition coefficient (Wildman–Crippen LogP) is 2.99. The van der Waals surface area contributed by atoms with Gasteiger partial charge in [-0.1, -0.05) is 54.6 Å². The molecule has 176 valence electrons. The molecule has 0 radical (unpaired) electrons. The van der Waals surface area contributed by atoms with E-state index in [1.54, 1.807) is 0 Å². The highest BCUT2D eigenvalue weighted by Gasteiger charge is 2.29. The summed E-state index contributed by atoms with van der Waals surface area (Å²) in [5.41, 5.74) is 10.9. The molecular formula is C26H26N2O6. The third-order valence-corrected chi connectivity index (χ3v) is 5.99. The number of hydrogen-bond acceptors (Lipinski definition) is 7. The molecule has 0 aliphatic heterocycles. The van der Waals surface area contributed by atoms with Crippen molar-refractivity contribution in [1.82, 2.24) is 5.32 Å². The molecule has 0 bridgehead atoms. The molecule has 2 atom stereocenters. The summed E-state index contributed by atoms with van der Waals surface area (Å²) in [6.07, 6.45) is -3.35. The number of anilines is 1. The van der Waals surface area contributed by atoms with E-state index in [4.69, 9.17) is 10.5 Å². The first-order chi connectivity index (χ1) is 16.4. The lowest BCUT2D eigenvalue weighted by Gasteiger charge is -2.20. The minimum Gasteiger partial charge on any atom is -0.465 e. The van der Waals surface area contributed by atoms with Crippen molar-refractivity contribution in [2.75, 3.05) is 26.0 Å². The zero-order valence-corrected chi connectivity index (χ0v) is 18.6. The van der Waals surface area contributed by atoms with Crippen LogP contribution >= 0.6 is 0 Å². The quantitative estimate of drug-likeness (QED) is 0.314. The molecule has 3 aromatic carbocycles. The summed E-state index contributed by atoms with van der Waals surface area (Å²) in [6, 6.07) is 20.3. The molecule has 2 unspecified atom stereocenters. The molecule has 4 rings (SSSR count). The molecule has 0 spiro atoms. The fraction of sp³-hybridized carbons (Fsp3) is 0.231. The third kappa shape index (κ3) is 4.59. The molecule has 1 aliphatic rings. The summed E-state index contributed by atoms with van der Waals surface area (Å²) >= 11 is 0. The first kappa shape index (κ1) is 23.3. The number of amides is 1. The Balaban J connectivity index is 1.33. The van der Waals surface area contributed by atoms with Crippen LogP contribution < -0.4 is 11.1 Å². The summed E-state index contributed by atoms with van der Waals surface area (Å²) in [7, 11) is 1.24. The molecule has 3 aromatic rings. The smallest absolute Gasteiger partial charge is 0.407 e. The predicted molar refractivity (Wildman–Crippen MR) is 126 cm³/mol. The van der Waals surface area contributed by atoms with Gasteiger partial charge in [0.05, 0.1) is 12.7 Å².